The third-order valence-corrected chi connectivity index (χ3v) is 6.32. The van der Waals surface area contributed by atoms with Gasteiger partial charge in [-0.15, -0.1) is 11.8 Å². The SMILES string of the molecule is CN/C(C)=C\C(=N)N1CCC(Sc2ccccc2C(F)F)C1.N#CC1(NC=O)CC1. The van der Waals surface area contributed by atoms with Crippen molar-refractivity contribution in [3.8, 4) is 6.07 Å². The number of amidine groups is 1. The van der Waals surface area contributed by atoms with Crippen LogP contribution in [0, 0.1) is 16.7 Å². The highest BCUT2D eigenvalue weighted by Gasteiger charge is 2.42. The van der Waals surface area contributed by atoms with Crippen LogP contribution in [0.5, 0.6) is 0 Å². The van der Waals surface area contributed by atoms with Crippen molar-refractivity contribution in [2.75, 3.05) is 20.1 Å². The number of nitrogens with one attached hydrogen (secondary N) is 3. The first-order valence-electron chi connectivity index (χ1n) is 9.70. The number of rotatable bonds is 7. The Kier molecular flexibility index (Phi) is 8.66. The molecule has 1 saturated carbocycles. The zero-order chi connectivity index (χ0) is 22.1. The highest BCUT2D eigenvalue weighted by Crippen LogP contribution is 2.36. The van der Waals surface area contributed by atoms with Crippen LogP contribution in [-0.2, 0) is 4.79 Å². The van der Waals surface area contributed by atoms with Crippen molar-refractivity contribution >= 4 is 24.0 Å². The Morgan fingerprint density at radius 1 is 1.43 bits per heavy atom. The molecule has 1 aliphatic carbocycles. The van der Waals surface area contributed by atoms with Gasteiger partial charge in [0.05, 0.1) is 6.07 Å². The van der Waals surface area contributed by atoms with Crippen molar-refractivity contribution in [3.05, 3.63) is 41.6 Å². The van der Waals surface area contributed by atoms with E-state index < -0.39 is 12.0 Å². The molecule has 2 aliphatic rings. The lowest BCUT2D eigenvalue weighted by Gasteiger charge is -2.18. The third-order valence-electron chi connectivity index (χ3n) is 4.98. The van der Waals surface area contributed by atoms with Crippen LogP contribution in [0.25, 0.3) is 0 Å². The van der Waals surface area contributed by atoms with E-state index in [1.807, 2.05) is 24.9 Å². The van der Waals surface area contributed by atoms with E-state index in [1.54, 1.807) is 24.3 Å². The quantitative estimate of drug-likeness (QED) is 0.345. The maximum atomic E-state index is 13.0. The highest BCUT2D eigenvalue weighted by atomic mass is 32.2. The van der Waals surface area contributed by atoms with Gasteiger partial charge >= 0.3 is 0 Å². The second kappa shape index (κ2) is 11.0. The number of thioether (sulfide) groups is 1. The van der Waals surface area contributed by atoms with Crippen LogP contribution in [0.4, 0.5) is 8.78 Å². The minimum Gasteiger partial charge on any atom is -0.392 e. The molecule has 0 bridgehead atoms. The standard InChI is InChI=1S/C16H21F2N3S.C5H6N2O/c1-11(20-2)9-15(19)21-8-7-12(10-21)22-14-6-4-3-5-13(14)16(17)18;6-3-5(1-2-5)7-4-8/h3-6,9,12,16,19-20H,7-8,10H2,1-2H3;4H,1-2H2,(H,7,8)/b11-9-,19-15?;. The number of amides is 1. The van der Waals surface area contributed by atoms with Crippen LogP contribution in [-0.4, -0.2) is 48.1 Å². The predicted molar refractivity (Wildman–Crippen MR) is 115 cm³/mol. The molecule has 1 heterocycles. The van der Waals surface area contributed by atoms with E-state index in [-0.39, 0.29) is 10.8 Å². The number of alkyl halides is 2. The minimum absolute atomic E-state index is 0.104. The molecule has 0 aromatic heterocycles. The summed E-state index contributed by atoms with van der Waals surface area (Å²) in [5.74, 6) is 0.470. The summed E-state index contributed by atoms with van der Waals surface area (Å²) in [5, 5.41) is 22.1. The largest absolute Gasteiger partial charge is 0.392 e. The Morgan fingerprint density at radius 3 is 2.67 bits per heavy atom. The summed E-state index contributed by atoms with van der Waals surface area (Å²) in [6.45, 7) is 3.42. The van der Waals surface area contributed by atoms with E-state index in [0.29, 0.717) is 23.7 Å². The Balaban J connectivity index is 0.000000335. The van der Waals surface area contributed by atoms with Gasteiger partial charge in [0.2, 0.25) is 6.41 Å². The number of carbonyl (C=O) groups is 1. The van der Waals surface area contributed by atoms with Crippen LogP contribution in [0.1, 0.15) is 38.2 Å². The van der Waals surface area contributed by atoms with E-state index in [9.17, 15) is 13.6 Å². The first-order valence-corrected chi connectivity index (χ1v) is 10.6. The fraction of sp³-hybridized carbons (Fsp3) is 0.476. The van der Waals surface area contributed by atoms with Gasteiger partial charge < -0.3 is 15.5 Å². The molecule has 1 aromatic rings. The van der Waals surface area contributed by atoms with Crippen molar-refractivity contribution in [2.24, 2.45) is 0 Å². The van der Waals surface area contributed by atoms with Gasteiger partial charge in [0.25, 0.3) is 6.43 Å². The molecular weight excluding hydrogens is 408 g/mol. The first kappa shape index (κ1) is 23.7. The minimum atomic E-state index is -2.44. The van der Waals surface area contributed by atoms with Crippen LogP contribution < -0.4 is 10.6 Å². The van der Waals surface area contributed by atoms with E-state index in [1.165, 1.54) is 17.8 Å². The Labute approximate surface area is 180 Å². The number of nitriles is 1. The van der Waals surface area contributed by atoms with Crippen molar-refractivity contribution in [1.82, 2.24) is 15.5 Å². The Morgan fingerprint density at radius 2 is 2.13 bits per heavy atom. The van der Waals surface area contributed by atoms with E-state index in [0.717, 1.165) is 31.5 Å². The lowest BCUT2D eigenvalue weighted by Crippen LogP contribution is -2.27. The van der Waals surface area contributed by atoms with Gasteiger partial charge in [-0.05, 0) is 38.3 Å². The summed E-state index contributed by atoms with van der Waals surface area (Å²) in [6.07, 6.45) is 2.44. The average molecular weight is 436 g/mol. The zero-order valence-electron chi connectivity index (χ0n) is 17.1. The summed E-state index contributed by atoms with van der Waals surface area (Å²) in [4.78, 5) is 12.4. The molecule has 1 aliphatic heterocycles. The highest BCUT2D eigenvalue weighted by molar-refractivity contribution is 8.00. The molecule has 162 valence electrons. The molecule has 1 atom stereocenters. The third kappa shape index (κ3) is 6.73. The molecule has 1 unspecified atom stereocenters. The summed E-state index contributed by atoms with van der Waals surface area (Å²) in [7, 11) is 1.82. The fourth-order valence-corrected chi connectivity index (χ4v) is 4.17. The molecular formula is C21H27F2N5OS. The van der Waals surface area contributed by atoms with E-state index in [2.05, 4.69) is 10.6 Å². The molecule has 0 spiro atoms. The smallest absolute Gasteiger partial charge is 0.264 e. The van der Waals surface area contributed by atoms with Crippen molar-refractivity contribution < 1.29 is 13.6 Å². The van der Waals surface area contributed by atoms with Gasteiger partial charge in [0.15, 0.2) is 0 Å². The number of halogens is 2. The summed E-state index contributed by atoms with van der Waals surface area (Å²) in [6, 6.07) is 8.69. The first-order chi connectivity index (χ1) is 14.3. The monoisotopic (exact) mass is 435 g/mol. The second-order valence-electron chi connectivity index (χ2n) is 7.23. The molecule has 30 heavy (non-hydrogen) atoms. The topological polar surface area (TPSA) is 92.0 Å². The van der Waals surface area contributed by atoms with Crippen LogP contribution in [0.15, 0.2) is 40.9 Å². The summed E-state index contributed by atoms with van der Waals surface area (Å²) < 4.78 is 26.0. The summed E-state index contributed by atoms with van der Waals surface area (Å²) in [5.41, 5.74) is 0.568. The number of nitrogens with zero attached hydrogens (tertiary/aromatic N) is 2. The number of hydrogen-bond acceptors (Lipinski definition) is 5. The molecule has 3 N–H and O–H groups in total. The molecule has 3 rings (SSSR count). The second-order valence-corrected chi connectivity index (χ2v) is 8.57. The normalized spacial score (nSPS) is 19.4. The van der Waals surface area contributed by atoms with Gasteiger partial charge in [-0.1, -0.05) is 18.2 Å². The van der Waals surface area contributed by atoms with Crippen LogP contribution >= 0.6 is 11.8 Å². The maximum Gasteiger partial charge on any atom is 0.264 e. The molecule has 2 fully saturated rings. The lowest BCUT2D eigenvalue weighted by molar-refractivity contribution is -0.110. The van der Waals surface area contributed by atoms with Crippen molar-refractivity contribution in [1.29, 1.82) is 10.7 Å². The van der Waals surface area contributed by atoms with Gasteiger partial charge in [0.1, 0.15) is 11.4 Å². The van der Waals surface area contributed by atoms with Crippen molar-refractivity contribution in [3.63, 3.8) is 0 Å². The molecule has 9 heteroatoms. The molecule has 0 radical (unpaired) electrons. The fourth-order valence-electron chi connectivity index (χ4n) is 2.89. The summed E-state index contributed by atoms with van der Waals surface area (Å²) >= 11 is 1.50. The van der Waals surface area contributed by atoms with E-state index in [4.69, 9.17) is 10.7 Å². The zero-order valence-corrected chi connectivity index (χ0v) is 17.9. The van der Waals surface area contributed by atoms with Gasteiger partial charge in [-0.25, -0.2) is 8.78 Å². The maximum absolute atomic E-state index is 13.0. The number of hydrogen-bond donors (Lipinski definition) is 3. The van der Waals surface area contributed by atoms with Gasteiger partial charge in [-0.3, -0.25) is 10.2 Å². The molecule has 6 nitrogen and oxygen atoms in total. The van der Waals surface area contributed by atoms with Gasteiger partial charge in [0, 0.05) is 41.5 Å². The number of allylic oxidation sites excluding steroid dienone is 1. The number of likely N-dealkylation sites (tertiary alicyclic amines) is 1. The Hall–Kier alpha value is -2.60. The molecule has 1 saturated heterocycles. The lowest BCUT2D eigenvalue weighted by atomic mass is 10.2. The predicted octanol–water partition coefficient (Wildman–Crippen LogP) is 3.68. The number of benzene rings is 1. The molecule has 1 aromatic carbocycles. The van der Waals surface area contributed by atoms with E-state index >= 15 is 0 Å². The van der Waals surface area contributed by atoms with Crippen molar-refractivity contribution in [2.45, 2.75) is 48.3 Å². The number of carbonyl (C=O) groups excluding carboxylic acids is 1. The van der Waals surface area contributed by atoms with Crippen LogP contribution in [0.3, 0.4) is 0 Å². The Bertz CT molecular complexity index is 820. The average Bonchev–Trinajstić information content (AvgIpc) is 3.36. The van der Waals surface area contributed by atoms with Gasteiger partial charge in [-0.2, -0.15) is 5.26 Å². The molecule has 1 amide bonds. The van der Waals surface area contributed by atoms with Crippen LogP contribution in [0.2, 0.25) is 0 Å².